The van der Waals surface area contributed by atoms with Crippen molar-refractivity contribution in [2.45, 2.75) is 32.2 Å². The minimum Gasteiger partial charge on any atom is -0.480 e. The molecule has 0 aromatic heterocycles. The molecule has 4 heteroatoms. The van der Waals surface area contributed by atoms with Crippen molar-refractivity contribution in [3.63, 3.8) is 0 Å². The summed E-state index contributed by atoms with van der Waals surface area (Å²) in [5.74, 6) is -0.401. The molecular weight excluding hydrogens is 242 g/mol. The molecule has 1 aromatic carbocycles. The van der Waals surface area contributed by atoms with Gasteiger partial charge in [0, 0.05) is 13.7 Å². The number of carboxylic acid groups (broad SMARTS) is 1. The topological polar surface area (TPSA) is 58.6 Å². The minimum atomic E-state index is -0.852. The van der Waals surface area contributed by atoms with E-state index in [-0.39, 0.29) is 0 Å². The minimum absolute atomic E-state index is 0.451. The highest BCUT2D eigenvalue weighted by molar-refractivity contribution is 5.75. The summed E-state index contributed by atoms with van der Waals surface area (Å²) in [5.41, 5.74) is 2.00. The van der Waals surface area contributed by atoms with Gasteiger partial charge in [0.15, 0.2) is 0 Å². The summed E-state index contributed by atoms with van der Waals surface area (Å²) in [6.07, 6.45) is 0.796. The fourth-order valence-electron chi connectivity index (χ4n) is 1.88. The molecule has 1 aromatic rings. The monoisotopic (exact) mass is 265 g/mol. The van der Waals surface area contributed by atoms with Crippen LogP contribution >= 0.6 is 0 Å². The Kier molecular flexibility index (Phi) is 6.53. The molecule has 4 nitrogen and oxygen atoms in total. The van der Waals surface area contributed by atoms with Gasteiger partial charge in [-0.3, -0.25) is 4.79 Å². The number of hydrogen-bond acceptors (Lipinski definition) is 3. The number of ether oxygens (including phenoxy) is 1. The molecule has 0 fully saturated rings. The van der Waals surface area contributed by atoms with Gasteiger partial charge in [-0.25, -0.2) is 0 Å². The van der Waals surface area contributed by atoms with Crippen LogP contribution in [0.1, 0.15) is 43.4 Å². The summed E-state index contributed by atoms with van der Waals surface area (Å²) < 4.78 is 4.94. The van der Waals surface area contributed by atoms with Gasteiger partial charge in [0.2, 0.25) is 0 Å². The average molecular weight is 265 g/mol. The summed E-state index contributed by atoms with van der Waals surface area (Å²) in [4.78, 5) is 11.3. The first-order valence-electron chi connectivity index (χ1n) is 6.61. The Balaban J connectivity index is 2.67. The first-order chi connectivity index (χ1) is 9.06. The van der Waals surface area contributed by atoms with Gasteiger partial charge in [0.25, 0.3) is 0 Å². The summed E-state index contributed by atoms with van der Waals surface area (Å²) >= 11 is 0. The van der Waals surface area contributed by atoms with Crippen LogP contribution in [-0.4, -0.2) is 31.3 Å². The van der Waals surface area contributed by atoms with E-state index in [1.165, 1.54) is 5.56 Å². The standard InChI is InChI=1S/C15H23NO3/c1-11(2)12-5-7-13(8-6-12)14(15(17)18)16-9-4-10-19-3/h5-8,11,14,16H,4,9-10H2,1-3H3,(H,17,18). The van der Waals surface area contributed by atoms with Gasteiger partial charge in [-0.05, 0) is 30.0 Å². The molecule has 0 saturated heterocycles. The molecular formula is C15H23NO3. The quantitative estimate of drug-likeness (QED) is 0.709. The van der Waals surface area contributed by atoms with E-state index in [1.807, 2.05) is 24.3 Å². The zero-order valence-electron chi connectivity index (χ0n) is 11.8. The van der Waals surface area contributed by atoms with E-state index in [0.717, 1.165) is 12.0 Å². The van der Waals surface area contributed by atoms with Crippen LogP contribution in [0.4, 0.5) is 0 Å². The van der Waals surface area contributed by atoms with Crippen molar-refractivity contribution in [1.82, 2.24) is 5.32 Å². The molecule has 0 aliphatic carbocycles. The van der Waals surface area contributed by atoms with Crippen molar-refractivity contribution >= 4 is 5.97 Å². The van der Waals surface area contributed by atoms with E-state index in [2.05, 4.69) is 19.2 Å². The Labute approximate surface area is 114 Å². The SMILES string of the molecule is COCCCNC(C(=O)O)c1ccc(C(C)C)cc1. The molecule has 2 N–H and O–H groups in total. The lowest BCUT2D eigenvalue weighted by molar-refractivity contribution is -0.139. The lowest BCUT2D eigenvalue weighted by Crippen LogP contribution is -2.29. The van der Waals surface area contributed by atoms with Gasteiger partial charge in [-0.1, -0.05) is 38.1 Å². The third kappa shape index (κ3) is 5.01. The maximum atomic E-state index is 11.3. The molecule has 0 aliphatic heterocycles. The van der Waals surface area contributed by atoms with E-state index in [0.29, 0.717) is 19.1 Å². The fraction of sp³-hybridized carbons (Fsp3) is 0.533. The number of nitrogens with one attached hydrogen (secondary N) is 1. The lowest BCUT2D eigenvalue weighted by Gasteiger charge is -2.15. The van der Waals surface area contributed by atoms with Crippen LogP contribution in [0.15, 0.2) is 24.3 Å². The van der Waals surface area contributed by atoms with Gasteiger partial charge < -0.3 is 15.2 Å². The zero-order valence-corrected chi connectivity index (χ0v) is 11.8. The summed E-state index contributed by atoms with van der Waals surface area (Å²) in [6, 6.07) is 7.10. The molecule has 0 radical (unpaired) electrons. The van der Waals surface area contributed by atoms with Gasteiger partial charge >= 0.3 is 5.97 Å². The van der Waals surface area contributed by atoms with Crippen molar-refractivity contribution in [3.8, 4) is 0 Å². The van der Waals surface area contributed by atoms with Crippen LogP contribution < -0.4 is 5.32 Å². The van der Waals surface area contributed by atoms with Crippen LogP contribution in [0, 0.1) is 0 Å². The second kappa shape index (κ2) is 7.92. The molecule has 1 atom stereocenters. The molecule has 1 rings (SSSR count). The van der Waals surface area contributed by atoms with Crippen molar-refractivity contribution < 1.29 is 14.6 Å². The van der Waals surface area contributed by atoms with Gasteiger partial charge in [-0.2, -0.15) is 0 Å². The molecule has 19 heavy (non-hydrogen) atoms. The lowest BCUT2D eigenvalue weighted by atomic mass is 9.99. The Hall–Kier alpha value is -1.39. The van der Waals surface area contributed by atoms with Crippen LogP contribution in [0.5, 0.6) is 0 Å². The Morgan fingerprint density at radius 1 is 1.26 bits per heavy atom. The van der Waals surface area contributed by atoms with E-state index in [9.17, 15) is 9.90 Å². The number of methoxy groups -OCH3 is 1. The van der Waals surface area contributed by atoms with Crippen molar-refractivity contribution in [1.29, 1.82) is 0 Å². The van der Waals surface area contributed by atoms with Crippen LogP contribution in [0.25, 0.3) is 0 Å². The highest BCUT2D eigenvalue weighted by Crippen LogP contribution is 2.19. The van der Waals surface area contributed by atoms with Crippen LogP contribution in [-0.2, 0) is 9.53 Å². The average Bonchev–Trinajstić information content (AvgIpc) is 2.38. The van der Waals surface area contributed by atoms with Crippen LogP contribution in [0.3, 0.4) is 0 Å². The first kappa shape index (κ1) is 15.7. The highest BCUT2D eigenvalue weighted by Gasteiger charge is 2.18. The fourth-order valence-corrected chi connectivity index (χ4v) is 1.88. The predicted molar refractivity (Wildman–Crippen MR) is 75.4 cm³/mol. The molecule has 0 saturated carbocycles. The van der Waals surface area contributed by atoms with E-state index in [4.69, 9.17) is 4.74 Å². The number of rotatable bonds is 8. The highest BCUT2D eigenvalue weighted by atomic mass is 16.5. The molecule has 1 unspecified atom stereocenters. The normalized spacial score (nSPS) is 12.6. The van der Waals surface area contributed by atoms with E-state index in [1.54, 1.807) is 7.11 Å². The Morgan fingerprint density at radius 3 is 2.32 bits per heavy atom. The summed E-state index contributed by atoms with van der Waals surface area (Å²) in [5, 5.41) is 12.3. The van der Waals surface area contributed by atoms with Gasteiger partial charge in [-0.15, -0.1) is 0 Å². The smallest absolute Gasteiger partial charge is 0.325 e. The Bertz CT molecular complexity index is 387. The Morgan fingerprint density at radius 2 is 1.84 bits per heavy atom. The molecule has 0 heterocycles. The summed E-state index contributed by atoms with van der Waals surface area (Å²) in [6.45, 7) is 5.49. The maximum Gasteiger partial charge on any atom is 0.325 e. The van der Waals surface area contributed by atoms with E-state index < -0.39 is 12.0 Å². The molecule has 0 amide bonds. The molecule has 0 aliphatic rings. The van der Waals surface area contributed by atoms with Crippen molar-refractivity contribution in [2.75, 3.05) is 20.3 Å². The predicted octanol–water partition coefficient (Wildman–Crippen LogP) is 2.56. The second-order valence-electron chi connectivity index (χ2n) is 4.89. The number of hydrogen-bond donors (Lipinski definition) is 2. The third-order valence-corrected chi connectivity index (χ3v) is 3.06. The van der Waals surface area contributed by atoms with Crippen LogP contribution in [0.2, 0.25) is 0 Å². The molecule has 0 spiro atoms. The third-order valence-electron chi connectivity index (χ3n) is 3.06. The van der Waals surface area contributed by atoms with Crippen molar-refractivity contribution in [2.24, 2.45) is 0 Å². The second-order valence-corrected chi connectivity index (χ2v) is 4.89. The zero-order chi connectivity index (χ0) is 14.3. The van der Waals surface area contributed by atoms with Gasteiger partial charge in [0.1, 0.15) is 6.04 Å². The number of benzene rings is 1. The molecule has 0 bridgehead atoms. The number of carbonyl (C=O) groups is 1. The largest absolute Gasteiger partial charge is 0.480 e. The number of aliphatic carboxylic acids is 1. The molecule has 106 valence electrons. The summed E-state index contributed by atoms with van der Waals surface area (Å²) in [7, 11) is 1.64. The van der Waals surface area contributed by atoms with Gasteiger partial charge in [0.05, 0.1) is 0 Å². The van der Waals surface area contributed by atoms with E-state index >= 15 is 0 Å². The maximum absolute atomic E-state index is 11.3. The first-order valence-corrected chi connectivity index (χ1v) is 6.61. The number of carboxylic acids is 1. The van der Waals surface area contributed by atoms with Crippen molar-refractivity contribution in [3.05, 3.63) is 35.4 Å².